The van der Waals surface area contributed by atoms with Crippen LogP contribution in [-0.2, 0) is 10.8 Å². The van der Waals surface area contributed by atoms with Gasteiger partial charge >= 0.3 is 0 Å². The molecule has 0 amide bonds. The largest absolute Gasteiger partial charge is 0.496 e. The van der Waals surface area contributed by atoms with Crippen molar-refractivity contribution in [3.63, 3.8) is 0 Å². The maximum absolute atomic E-state index is 11.9. The molecule has 0 fully saturated rings. The van der Waals surface area contributed by atoms with E-state index in [1.54, 1.807) is 23.0 Å². The van der Waals surface area contributed by atoms with Gasteiger partial charge in [0.05, 0.1) is 23.8 Å². The van der Waals surface area contributed by atoms with E-state index in [2.05, 4.69) is 44.2 Å². The second-order valence-electron chi connectivity index (χ2n) is 10.7. The number of nitro benzene ring substituents is 1. The van der Waals surface area contributed by atoms with Crippen LogP contribution in [0.4, 0.5) is 17.2 Å². The average Bonchev–Trinajstić information content (AvgIpc) is 3.57. The highest BCUT2D eigenvalue weighted by Gasteiger charge is 2.37. The van der Waals surface area contributed by atoms with E-state index >= 15 is 0 Å². The van der Waals surface area contributed by atoms with Gasteiger partial charge in [-0.1, -0.05) is 20.8 Å². The number of thiazole rings is 1. The van der Waals surface area contributed by atoms with Crippen molar-refractivity contribution < 1.29 is 14.1 Å². The van der Waals surface area contributed by atoms with Crippen molar-refractivity contribution in [1.29, 1.82) is 0 Å². The second-order valence-corrected chi connectivity index (χ2v) is 16.4. The predicted molar refractivity (Wildman–Crippen MR) is 157 cm³/mol. The molecule has 0 unspecified atom stereocenters. The minimum absolute atomic E-state index is 0.0662. The quantitative estimate of drug-likeness (QED) is 0.125. The summed E-state index contributed by atoms with van der Waals surface area (Å²) >= 11 is 1.52. The molecule has 0 aliphatic rings. The SMILES string of the molecule is COc1ccc(Nc2nc(C)cc(-n3ccc(-c4nccs4)n3)c2CCO[Si](C)(C)C(C)(C)C)c([N+](=O)[O-])c1. The zero-order valence-corrected chi connectivity index (χ0v) is 25.1. The summed E-state index contributed by atoms with van der Waals surface area (Å²) in [6, 6.07) is 8.60. The molecule has 0 aliphatic carbocycles. The number of rotatable bonds is 10. The third-order valence-corrected chi connectivity index (χ3v) is 12.3. The van der Waals surface area contributed by atoms with E-state index < -0.39 is 13.2 Å². The first kappa shape index (κ1) is 28.4. The zero-order valence-electron chi connectivity index (χ0n) is 23.3. The van der Waals surface area contributed by atoms with E-state index in [1.165, 1.54) is 24.5 Å². The van der Waals surface area contributed by atoms with Crippen LogP contribution < -0.4 is 10.1 Å². The Morgan fingerprint density at radius 1 is 1.21 bits per heavy atom. The van der Waals surface area contributed by atoms with Crippen LogP contribution in [0, 0.1) is 17.0 Å². The summed E-state index contributed by atoms with van der Waals surface area (Å²) in [6.07, 6.45) is 4.18. The Hall–Kier alpha value is -3.61. The van der Waals surface area contributed by atoms with Crippen LogP contribution in [0.25, 0.3) is 16.4 Å². The summed E-state index contributed by atoms with van der Waals surface area (Å²) in [4.78, 5) is 20.6. The summed E-state index contributed by atoms with van der Waals surface area (Å²) in [6.45, 7) is 13.4. The zero-order chi connectivity index (χ0) is 28.4. The molecule has 0 saturated heterocycles. The Morgan fingerprint density at radius 3 is 2.62 bits per heavy atom. The van der Waals surface area contributed by atoms with Crippen LogP contribution in [0.5, 0.6) is 5.75 Å². The Morgan fingerprint density at radius 2 is 1.97 bits per heavy atom. The summed E-state index contributed by atoms with van der Waals surface area (Å²) in [7, 11) is -0.521. The number of nitrogens with zero attached hydrogens (tertiary/aromatic N) is 5. The van der Waals surface area contributed by atoms with Crippen molar-refractivity contribution in [2.75, 3.05) is 19.0 Å². The van der Waals surface area contributed by atoms with Crippen LogP contribution in [-0.4, -0.2) is 46.7 Å². The second kappa shape index (κ2) is 11.2. The van der Waals surface area contributed by atoms with Gasteiger partial charge < -0.3 is 14.5 Å². The summed E-state index contributed by atoms with van der Waals surface area (Å²) < 4.78 is 13.5. The number of nitrogens with one attached hydrogen (secondary N) is 1. The van der Waals surface area contributed by atoms with E-state index in [0.29, 0.717) is 30.3 Å². The molecule has 10 nitrogen and oxygen atoms in total. The predicted octanol–water partition coefficient (Wildman–Crippen LogP) is 6.92. The molecule has 3 aromatic heterocycles. The minimum Gasteiger partial charge on any atom is -0.496 e. The van der Waals surface area contributed by atoms with Crippen LogP contribution in [0.3, 0.4) is 0 Å². The minimum atomic E-state index is -2.00. The lowest BCUT2D eigenvalue weighted by Crippen LogP contribution is -2.41. The third-order valence-electron chi connectivity index (χ3n) is 6.99. The van der Waals surface area contributed by atoms with Crippen molar-refractivity contribution in [3.05, 3.63) is 69.5 Å². The number of hydrogen-bond acceptors (Lipinski definition) is 9. The van der Waals surface area contributed by atoms with Gasteiger partial charge in [0, 0.05) is 42.1 Å². The smallest absolute Gasteiger partial charge is 0.296 e. The van der Waals surface area contributed by atoms with Crippen molar-refractivity contribution in [2.24, 2.45) is 0 Å². The van der Waals surface area contributed by atoms with E-state index in [1.807, 2.05) is 30.6 Å². The number of nitro groups is 1. The number of methoxy groups -OCH3 is 1. The van der Waals surface area contributed by atoms with Crippen molar-refractivity contribution in [2.45, 2.75) is 52.2 Å². The molecule has 39 heavy (non-hydrogen) atoms. The van der Waals surface area contributed by atoms with Gasteiger partial charge in [0.2, 0.25) is 0 Å². The fourth-order valence-corrected chi connectivity index (χ4v) is 5.45. The molecule has 1 aromatic carbocycles. The summed E-state index contributed by atoms with van der Waals surface area (Å²) in [5, 5.41) is 22.7. The molecule has 0 spiro atoms. The normalized spacial score (nSPS) is 12.0. The van der Waals surface area contributed by atoms with Crippen LogP contribution in [0.2, 0.25) is 18.1 Å². The lowest BCUT2D eigenvalue weighted by molar-refractivity contribution is -0.384. The first-order valence-corrected chi connectivity index (χ1v) is 16.4. The number of aryl methyl sites for hydroxylation is 1. The first-order valence-electron chi connectivity index (χ1n) is 12.6. The fraction of sp³-hybridized carbons (Fsp3) is 0.370. The van der Waals surface area contributed by atoms with Crippen LogP contribution in [0.1, 0.15) is 32.0 Å². The number of ether oxygens (including phenoxy) is 1. The fourth-order valence-electron chi connectivity index (χ4n) is 3.81. The topological polar surface area (TPSA) is 117 Å². The first-order chi connectivity index (χ1) is 18.4. The van der Waals surface area contributed by atoms with E-state index in [-0.39, 0.29) is 10.7 Å². The summed E-state index contributed by atoms with van der Waals surface area (Å²) in [5.74, 6) is 0.919. The third kappa shape index (κ3) is 6.35. The maximum atomic E-state index is 11.9. The molecule has 4 rings (SSSR count). The van der Waals surface area contributed by atoms with Gasteiger partial charge in [-0.25, -0.2) is 14.6 Å². The Labute approximate surface area is 233 Å². The molecule has 0 radical (unpaired) electrons. The Balaban J connectivity index is 1.78. The number of hydrogen-bond donors (Lipinski definition) is 1. The van der Waals surface area contributed by atoms with Crippen LogP contribution >= 0.6 is 11.3 Å². The lowest BCUT2D eigenvalue weighted by atomic mass is 10.1. The lowest BCUT2D eigenvalue weighted by Gasteiger charge is -2.36. The molecule has 4 aromatic rings. The molecule has 3 heterocycles. The van der Waals surface area contributed by atoms with E-state index in [4.69, 9.17) is 19.2 Å². The molecule has 206 valence electrons. The van der Waals surface area contributed by atoms with Gasteiger partial charge in [-0.2, -0.15) is 5.10 Å². The highest BCUT2D eigenvalue weighted by atomic mass is 32.1. The molecule has 0 saturated carbocycles. The molecular formula is C27H34N6O4SSi. The van der Waals surface area contributed by atoms with E-state index in [0.717, 1.165) is 27.6 Å². The molecule has 0 atom stereocenters. The molecule has 12 heteroatoms. The standard InChI is InChI=1S/C27H34N6O4SSi/c1-18-16-23(32-13-10-22(31-32)26-28-12-15-38-26)20(11-14-37-39(6,7)27(2,3)4)25(29-18)30-21-9-8-19(36-5)17-24(21)33(34)35/h8-10,12-13,15-17H,11,14H2,1-7H3,(H,29,30). The monoisotopic (exact) mass is 566 g/mol. The van der Waals surface area contributed by atoms with Gasteiger partial charge in [-0.3, -0.25) is 10.1 Å². The highest BCUT2D eigenvalue weighted by molar-refractivity contribution is 7.13. The maximum Gasteiger partial charge on any atom is 0.296 e. The van der Waals surface area contributed by atoms with Gasteiger partial charge in [0.25, 0.3) is 5.69 Å². The van der Waals surface area contributed by atoms with Gasteiger partial charge in [0.15, 0.2) is 8.32 Å². The Kier molecular flexibility index (Phi) is 8.19. The van der Waals surface area contributed by atoms with E-state index in [9.17, 15) is 10.1 Å². The highest BCUT2D eigenvalue weighted by Crippen LogP contribution is 2.37. The van der Waals surface area contributed by atoms with Gasteiger partial charge in [0.1, 0.15) is 28.0 Å². The number of anilines is 2. The van der Waals surface area contributed by atoms with Crippen molar-refractivity contribution in [3.8, 4) is 22.1 Å². The van der Waals surface area contributed by atoms with Gasteiger partial charge in [-0.05, 0) is 49.3 Å². The summed E-state index contributed by atoms with van der Waals surface area (Å²) in [5.41, 5.74) is 3.39. The number of aromatic nitrogens is 4. The van der Waals surface area contributed by atoms with Crippen molar-refractivity contribution >= 4 is 36.8 Å². The molecule has 0 bridgehead atoms. The Bertz CT molecular complexity index is 1460. The molecule has 1 N–H and O–H groups in total. The average molecular weight is 567 g/mol. The number of pyridine rings is 1. The van der Waals surface area contributed by atoms with Gasteiger partial charge in [-0.15, -0.1) is 11.3 Å². The van der Waals surface area contributed by atoms with Crippen LogP contribution in [0.15, 0.2) is 48.1 Å². The van der Waals surface area contributed by atoms with Crippen molar-refractivity contribution in [1.82, 2.24) is 19.7 Å². The number of benzene rings is 1. The molecule has 0 aliphatic heterocycles. The molecular weight excluding hydrogens is 532 g/mol.